The third-order valence-electron chi connectivity index (χ3n) is 5.36. The minimum atomic E-state index is -0.300. The van der Waals surface area contributed by atoms with E-state index in [9.17, 15) is 4.79 Å². The first-order valence-electron chi connectivity index (χ1n) is 11.8. The van der Waals surface area contributed by atoms with Gasteiger partial charge in [-0.05, 0) is 30.7 Å². The minimum Gasteiger partial charge on any atom is -0.494 e. The topological polar surface area (TPSA) is 92.3 Å². The number of nitrogens with zero attached hydrogens (tertiary/aromatic N) is 3. The number of aromatic amines is 1. The number of nitrogens with one attached hydrogen (secondary N) is 2. The number of H-pyrrole nitrogens is 1. The van der Waals surface area contributed by atoms with Crippen LogP contribution in [0, 0.1) is 0 Å². The number of carbonyl (C=O) groups is 1. The molecule has 0 aliphatic heterocycles. The van der Waals surface area contributed by atoms with Crippen molar-refractivity contribution in [2.45, 2.75) is 58.3 Å². The molecule has 7 heteroatoms. The van der Waals surface area contributed by atoms with Crippen molar-refractivity contribution in [3.05, 3.63) is 65.9 Å². The summed E-state index contributed by atoms with van der Waals surface area (Å²) < 4.78 is 5.79. The van der Waals surface area contributed by atoms with E-state index in [-0.39, 0.29) is 5.91 Å². The summed E-state index contributed by atoms with van der Waals surface area (Å²) in [6.45, 7) is 2.94. The first-order valence-corrected chi connectivity index (χ1v) is 11.8. The van der Waals surface area contributed by atoms with Gasteiger partial charge in [-0.2, -0.15) is 20.5 Å². The van der Waals surface area contributed by atoms with Crippen LogP contribution in [0.5, 0.6) is 5.75 Å². The van der Waals surface area contributed by atoms with E-state index in [0.717, 1.165) is 17.7 Å². The Morgan fingerprint density at radius 1 is 0.939 bits per heavy atom. The molecule has 1 amide bonds. The molecule has 0 aliphatic carbocycles. The maximum Gasteiger partial charge on any atom is 0.271 e. The van der Waals surface area contributed by atoms with E-state index in [0.29, 0.717) is 23.6 Å². The number of benzene rings is 2. The van der Waals surface area contributed by atoms with E-state index in [1.165, 1.54) is 51.2 Å². The van der Waals surface area contributed by atoms with E-state index in [1.54, 1.807) is 12.1 Å². The van der Waals surface area contributed by atoms with Gasteiger partial charge in [0.2, 0.25) is 0 Å². The number of rotatable bonds is 14. The maximum atomic E-state index is 12.4. The van der Waals surface area contributed by atoms with Crippen molar-refractivity contribution in [2.24, 2.45) is 5.10 Å². The molecule has 0 saturated carbocycles. The number of amides is 1. The predicted molar refractivity (Wildman–Crippen MR) is 131 cm³/mol. The molecule has 1 aromatic heterocycles. The minimum absolute atomic E-state index is 0.300. The fraction of sp³-hybridized carbons (Fsp3) is 0.385. The van der Waals surface area contributed by atoms with Crippen molar-refractivity contribution in [1.29, 1.82) is 0 Å². The summed E-state index contributed by atoms with van der Waals surface area (Å²) in [6, 6.07) is 16.8. The lowest BCUT2D eigenvalue weighted by Gasteiger charge is -2.07. The van der Waals surface area contributed by atoms with Crippen molar-refractivity contribution in [2.75, 3.05) is 6.61 Å². The Morgan fingerprint density at radius 3 is 2.36 bits per heavy atom. The molecule has 0 aliphatic rings. The molecule has 7 nitrogen and oxygen atoms in total. The highest BCUT2D eigenvalue weighted by molar-refractivity contribution is 5.95. The highest BCUT2D eigenvalue weighted by Gasteiger charge is 2.09. The number of ether oxygens (including phenoxy) is 1. The summed E-state index contributed by atoms with van der Waals surface area (Å²) in [4.78, 5) is 12.4. The highest BCUT2D eigenvalue weighted by Crippen LogP contribution is 2.17. The van der Waals surface area contributed by atoms with Gasteiger partial charge in [-0.15, -0.1) is 0 Å². The van der Waals surface area contributed by atoms with Gasteiger partial charge in [0.25, 0.3) is 5.91 Å². The van der Waals surface area contributed by atoms with E-state index >= 15 is 0 Å². The van der Waals surface area contributed by atoms with Crippen molar-refractivity contribution in [3.8, 4) is 17.0 Å². The molecule has 3 rings (SSSR count). The summed E-state index contributed by atoms with van der Waals surface area (Å²) in [5.74, 6) is 0.471. The molecule has 174 valence electrons. The van der Waals surface area contributed by atoms with Gasteiger partial charge >= 0.3 is 0 Å². The van der Waals surface area contributed by atoms with Crippen LogP contribution in [0.15, 0.2) is 59.7 Å². The number of carbonyl (C=O) groups excluding carboxylic acids is 1. The standard InChI is InChI=1S/C26H33N5O2/c1-2-3-4-5-6-7-8-12-19-33-23-17-15-22(16-18-23)26(32)30-27-20-24-25(29-31-28-24)21-13-10-9-11-14-21/h9-11,13-18,20H,2-8,12,19H2,1H3,(H,30,32)(H,28,29,31). The van der Waals surface area contributed by atoms with E-state index in [4.69, 9.17) is 4.74 Å². The summed E-state index contributed by atoms with van der Waals surface area (Å²) in [5.41, 5.74) is 5.18. The van der Waals surface area contributed by atoms with Crippen LogP contribution < -0.4 is 10.2 Å². The molecule has 3 aromatic rings. The van der Waals surface area contributed by atoms with Gasteiger partial charge in [-0.25, -0.2) is 5.43 Å². The SMILES string of the molecule is CCCCCCCCCCOc1ccc(C(=O)NN=Cc2n[nH]nc2-c2ccccc2)cc1. The summed E-state index contributed by atoms with van der Waals surface area (Å²) in [7, 11) is 0. The van der Waals surface area contributed by atoms with Crippen LogP contribution in [0.1, 0.15) is 74.3 Å². The molecular weight excluding hydrogens is 414 g/mol. The van der Waals surface area contributed by atoms with Crippen molar-refractivity contribution in [1.82, 2.24) is 20.8 Å². The molecule has 0 unspecified atom stereocenters. The van der Waals surface area contributed by atoms with Gasteiger partial charge in [0, 0.05) is 11.1 Å². The van der Waals surface area contributed by atoms with Gasteiger partial charge in [0.05, 0.1) is 12.8 Å². The quantitative estimate of drug-likeness (QED) is 0.187. The number of hydrazone groups is 1. The molecule has 0 radical (unpaired) electrons. The molecular formula is C26H33N5O2. The smallest absolute Gasteiger partial charge is 0.271 e. The first kappa shape index (κ1) is 24.2. The summed E-state index contributed by atoms with van der Waals surface area (Å²) in [6.07, 6.45) is 11.7. The fourth-order valence-electron chi connectivity index (χ4n) is 3.48. The fourth-order valence-corrected chi connectivity index (χ4v) is 3.48. The normalized spacial score (nSPS) is 11.1. The number of unbranched alkanes of at least 4 members (excludes halogenated alkanes) is 7. The molecule has 33 heavy (non-hydrogen) atoms. The molecule has 2 aromatic carbocycles. The second-order valence-electron chi connectivity index (χ2n) is 7.97. The van der Waals surface area contributed by atoms with Gasteiger partial charge in [0.15, 0.2) is 0 Å². The molecule has 0 saturated heterocycles. The average Bonchev–Trinajstić information content (AvgIpc) is 3.32. The van der Waals surface area contributed by atoms with E-state index in [2.05, 4.69) is 32.9 Å². The van der Waals surface area contributed by atoms with Crippen LogP contribution >= 0.6 is 0 Å². The van der Waals surface area contributed by atoms with Crippen molar-refractivity contribution < 1.29 is 9.53 Å². The summed E-state index contributed by atoms with van der Waals surface area (Å²) in [5, 5.41) is 14.9. The average molecular weight is 448 g/mol. The Morgan fingerprint density at radius 2 is 1.64 bits per heavy atom. The van der Waals surface area contributed by atoms with Gasteiger partial charge in [0.1, 0.15) is 17.1 Å². The Bertz CT molecular complexity index is 983. The molecule has 2 N–H and O–H groups in total. The Kier molecular flexibility index (Phi) is 10.1. The predicted octanol–water partition coefficient (Wildman–Crippen LogP) is 5.76. The van der Waals surface area contributed by atoms with Crippen LogP contribution in [0.4, 0.5) is 0 Å². The lowest BCUT2D eigenvalue weighted by Crippen LogP contribution is -2.17. The van der Waals surface area contributed by atoms with Crippen LogP contribution in [-0.2, 0) is 0 Å². The van der Waals surface area contributed by atoms with Gasteiger partial charge in [-0.1, -0.05) is 82.2 Å². The van der Waals surface area contributed by atoms with E-state index < -0.39 is 0 Å². The lowest BCUT2D eigenvalue weighted by molar-refractivity contribution is 0.0955. The molecule has 1 heterocycles. The lowest BCUT2D eigenvalue weighted by atomic mass is 10.1. The number of hydrogen-bond donors (Lipinski definition) is 2. The zero-order valence-corrected chi connectivity index (χ0v) is 19.3. The van der Waals surface area contributed by atoms with Crippen LogP contribution in [-0.4, -0.2) is 34.1 Å². The van der Waals surface area contributed by atoms with Gasteiger partial charge in [-0.3, -0.25) is 4.79 Å². The maximum absolute atomic E-state index is 12.4. The van der Waals surface area contributed by atoms with Crippen LogP contribution in [0.2, 0.25) is 0 Å². The van der Waals surface area contributed by atoms with Crippen molar-refractivity contribution >= 4 is 12.1 Å². The molecule has 0 spiro atoms. The Balaban J connectivity index is 1.38. The number of aromatic nitrogens is 3. The zero-order chi connectivity index (χ0) is 23.1. The third-order valence-corrected chi connectivity index (χ3v) is 5.36. The monoisotopic (exact) mass is 447 g/mol. The van der Waals surface area contributed by atoms with Crippen LogP contribution in [0.3, 0.4) is 0 Å². The second kappa shape index (κ2) is 13.8. The van der Waals surface area contributed by atoms with Crippen molar-refractivity contribution in [3.63, 3.8) is 0 Å². The Labute approximate surface area is 195 Å². The number of hydrogen-bond acceptors (Lipinski definition) is 5. The zero-order valence-electron chi connectivity index (χ0n) is 19.3. The first-order chi connectivity index (χ1) is 16.3. The highest BCUT2D eigenvalue weighted by atomic mass is 16.5. The second-order valence-corrected chi connectivity index (χ2v) is 7.97. The molecule has 0 bridgehead atoms. The Hall–Kier alpha value is -3.48. The third kappa shape index (κ3) is 8.18. The van der Waals surface area contributed by atoms with Gasteiger partial charge < -0.3 is 4.74 Å². The summed E-state index contributed by atoms with van der Waals surface area (Å²) >= 11 is 0. The largest absolute Gasteiger partial charge is 0.494 e. The molecule has 0 fully saturated rings. The van der Waals surface area contributed by atoms with Crippen LogP contribution in [0.25, 0.3) is 11.3 Å². The molecule has 0 atom stereocenters. The van der Waals surface area contributed by atoms with E-state index in [1.807, 2.05) is 42.5 Å².